The maximum Gasteiger partial charge on any atom is 0.272 e. The number of anilines is 1. The molecular formula is C18H16ClN3O3. The number of oxazole rings is 1. The van der Waals surface area contributed by atoms with Gasteiger partial charge >= 0.3 is 0 Å². The fourth-order valence-corrected chi connectivity index (χ4v) is 2.67. The van der Waals surface area contributed by atoms with Gasteiger partial charge in [0.25, 0.3) is 5.69 Å². The Morgan fingerprint density at radius 2 is 1.92 bits per heavy atom. The second kappa shape index (κ2) is 6.94. The molecular weight excluding hydrogens is 342 g/mol. The Morgan fingerprint density at radius 1 is 1.20 bits per heavy atom. The molecule has 1 N–H and O–H groups in total. The van der Waals surface area contributed by atoms with Gasteiger partial charge in [-0.3, -0.25) is 10.1 Å². The van der Waals surface area contributed by atoms with Crippen LogP contribution in [0.3, 0.4) is 0 Å². The Bertz CT molecular complexity index is 920. The van der Waals surface area contributed by atoms with E-state index in [-0.39, 0.29) is 5.69 Å². The van der Waals surface area contributed by atoms with Gasteiger partial charge in [0.2, 0.25) is 5.89 Å². The van der Waals surface area contributed by atoms with E-state index < -0.39 is 4.92 Å². The van der Waals surface area contributed by atoms with E-state index >= 15 is 0 Å². The van der Waals surface area contributed by atoms with Crippen LogP contribution in [0.15, 0.2) is 46.9 Å². The van der Waals surface area contributed by atoms with E-state index in [9.17, 15) is 10.1 Å². The lowest BCUT2D eigenvalue weighted by Crippen LogP contribution is -2.01. The third-order valence-electron chi connectivity index (χ3n) is 3.78. The molecule has 25 heavy (non-hydrogen) atoms. The average molecular weight is 358 g/mol. The van der Waals surface area contributed by atoms with Crippen molar-refractivity contribution in [2.75, 3.05) is 5.32 Å². The van der Waals surface area contributed by atoms with E-state index in [2.05, 4.69) is 10.3 Å². The summed E-state index contributed by atoms with van der Waals surface area (Å²) >= 11 is 5.91. The predicted octanol–water partition coefficient (Wildman–Crippen LogP) is 5.13. The number of benzene rings is 2. The van der Waals surface area contributed by atoms with Crippen LogP contribution in [0.1, 0.15) is 17.1 Å². The summed E-state index contributed by atoms with van der Waals surface area (Å²) in [6, 6.07) is 12.2. The first-order chi connectivity index (χ1) is 11.9. The Labute approximate surface area is 149 Å². The second-order valence-electron chi connectivity index (χ2n) is 5.64. The van der Waals surface area contributed by atoms with Crippen molar-refractivity contribution >= 4 is 23.0 Å². The molecule has 0 saturated heterocycles. The van der Waals surface area contributed by atoms with E-state index in [1.165, 1.54) is 6.07 Å². The maximum absolute atomic E-state index is 10.9. The van der Waals surface area contributed by atoms with Crippen LogP contribution < -0.4 is 5.32 Å². The molecule has 3 aromatic rings. The number of aromatic nitrogens is 1. The predicted molar refractivity (Wildman–Crippen MR) is 96.8 cm³/mol. The third kappa shape index (κ3) is 3.80. The van der Waals surface area contributed by atoms with Crippen molar-refractivity contribution in [2.24, 2.45) is 0 Å². The van der Waals surface area contributed by atoms with Crippen LogP contribution in [0.5, 0.6) is 0 Å². The molecule has 3 rings (SSSR count). The third-order valence-corrected chi connectivity index (χ3v) is 4.04. The summed E-state index contributed by atoms with van der Waals surface area (Å²) in [4.78, 5) is 14.9. The highest BCUT2D eigenvalue weighted by atomic mass is 35.5. The molecule has 0 bridgehead atoms. The molecule has 0 fully saturated rings. The van der Waals surface area contributed by atoms with Gasteiger partial charge in [-0.1, -0.05) is 11.6 Å². The molecule has 6 nitrogen and oxygen atoms in total. The van der Waals surface area contributed by atoms with Gasteiger partial charge < -0.3 is 9.73 Å². The molecule has 0 unspecified atom stereocenters. The first-order valence-electron chi connectivity index (χ1n) is 7.65. The molecule has 1 aromatic heterocycles. The van der Waals surface area contributed by atoms with Crippen LogP contribution >= 0.6 is 11.6 Å². The molecule has 0 aliphatic heterocycles. The molecule has 128 valence electrons. The number of hydrogen-bond acceptors (Lipinski definition) is 5. The monoisotopic (exact) mass is 357 g/mol. The number of halogens is 1. The zero-order chi connectivity index (χ0) is 18.0. The van der Waals surface area contributed by atoms with Gasteiger partial charge in [-0.15, -0.1) is 0 Å². The van der Waals surface area contributed by atoms with E-state index in [4.69, 9.17) is 16.0 Å². The van der Waals surface area contributed by atoms with Crippen molar-refractivity contribution in [3.8, 4) is 11.3 Å². The van der Waals surface area contributed by atoms with Crippen LogP contribution in [0, 0.1) is 24.0 Å². The van der Waals surface area contributed by atoms with Gasteiger partial charge in [-0.2, -0.15) is 0 Å². The zero-order valence-corrected chi connectivity index (χ0v) is 14.5. The van der Waals surface area contributed by atoms with Crippen LogP contribution in [-0.4, -0.2) is 9.91 Å². The minimum absolute atomic E-state index is 0.0996. The number of hydrogen-bond donors (Lipinski definition) is 1. The smallest absolute Gasteiger partial charge is 0.272 e. The van der Waals surface area contributed by atoms with Crippen molar-refractivity contribution in [2.45, 2.75) is 20.4 Å². The first-order valence-corrected chi connectivity index (χ1v) is 8.03. The number of aryl methyl sites for hydroxylation is 2. The van der Waals surface area contributed by atoms with Gasteiger partial charge in [0.05, 0.1) is 17.2 Å². The van der Waals surface area contributed by atoms with Crippen molar-refractivity contribution in [3.63, 3.8) is 0 Å². The lowest BCUT2D eigenvalue weighted by Gasteiger charge is -2.05. The molecule has 0 radical (unpaired) electrons. The van der Waals surface area contributed by atoms with Crippen LogP contribution in [0.2, 0.25) is 5.02 Å². The maximum atomic E-state index is 10.9. The first kappa shape index (κ1) is 17.0. The summed E-state index contributed by atoms with van der Waals surface area (Å²) in [5, 5.41) is 14.7. The number of rotatable bonds is 5. The standard InChI is InChI=1S/C18H16ClN3O3/c1-11-9-15(7-8-16(11)22(23)24)20-10-17-21-12(2)18(25-17)13-3-5-14(19)6-4-13/h3-9,20H,10H2,1-2H3. The van der Waals surface area contributed by atoms with Gasteiger partial charge in [-0.25, -0.2) is 4.98 Å². The quantitative estimate of drug-likeness (QED) is 0.505. The summed E-state index contributed by atoms with van der Waals surface area (Å²) in [6.07, 6.45) is 0. The summed E-state index contributed by atoms with van der Waals surface area (Å²) in [5.74, 6) is 1.24. The average Bonchev–Trinajstić information content (AvgIpc) is 2.94. The Kier molecular flexibility index (Phi) is 4.72. The number of nitrogens with zero attached hydrogens (tertiary/aromatic N) is 2. The highest BCUT2D eigenvalue weighted by Gasteiger charge is 2.13. The Balaban J connectivity index is 1.74. The second-order valence-corrected chi connectivity index (χ2v) is 6.08. The summed E-state index contributed by atoms with van der Waals surface area (Å²) in [7, 11) is 0. The van der Waals surface area contributed by atoms with Crippen LogP contribution in [-0.2, 0) is 6.54 Å². The Morgan fingerprint density at radius 3 is 2.56 bits per heavy atom. The Hall–Kier alpha value is -2.86. The van der Waals surface area contributed by atoms with Crippen molar-refractivity contribution in [1.29, 1.82) is 0 Å². The summed E-state index contributed by atoms with van der Waals surface area (Å²) in [5.41, 5.74) is 3.17. The molecule has 2 aromatic carbocycles. The summed E-state index contributed by atoms with van der Waals surface area (Å²) < 4.78 is 5.83. The van der Waals surface area contributed by atoms with Gasteiger partial charge in [0, 0.05) is 27.9 Å². The number of nitro groups is 1. The fraction of sp³-hybridized carbons (Fsp3) is 0.167. The molecule has 0 aliphatic rings. The van der Waals surface area contributed by atoms with E-state index in [1.54, 1.807) is 31.2 Å². The van der Waals surface area contributed by atoms with Gasteiger partial charge in [0.1, 0.15) is 0 Å². The molecule has 0 saturated carbocycles. The number of nitro benzene ring substituents is 1. The molecule has 1 heterocycles. The van der Waals surface area contributed by atoms with Crippen molar-refractivity contribution in [1.82, 2.24) is 4.98 Å². The SMILES string of the molecule is Cc1cc(NCc2nc(C)c(-c3ccc(Cl)cc3)o2)ccc1[N+](=O)[O-]. The molecule has 0 spiro atoms. The van der Waals surface area contributed by atoms with Crippen molar-refractivity contribution < 1.29 is 9.34 Å². The van der Waals surface area contributed by atoms with Crippen LogP contribution in [0.25, 0.3) is 11.3 Å². The lowest BCUT2D eigenvalue weighted by molar-refractivity contribution is -0.385. The largest absolute Gasteiger partial charge is 0.438 e. The molecule has 0 atom stereocenters. The van der Waals surface area contributed by atoms with E-state index in [0.29, 0.717) is 28.8 Å². The zero-order valence-electron chi connectivity index (χ0n) is 13.7. The van der Waals surface area contributed by atoms with E-state index in [0.717, 1.165) is 16.9 Å². The lowest BCUT2D eigenvalue weighted by atomic mass is 10.1. The van der Waals surface area contributed by atoms with Gasteiger partial charge in [0.15, 0.2) is 5.76 Å². The fourth-order valence-electron chi connectivity index (χ4n) is 2.54. The van der Waals surface area contributed by atoms with E-state index in [1.807, 2.05) is 19.1 Å². The normalized spacial score (nSPS) is 10.7. The topological polar surface area (TPSA) is 81.2 Å². The molecule has 0 amide bonds. The molecule has 7 heteroatoms. The van der Waals surface area contributed by atoms with Gasteiger partial charge in [-0.05, 0) is 50.2 Å². The highest BCUT2D eigenvalue weighted by Crippen LogP contribution is 2.27. The minimum Gasteiger partial charge on any atom is -0.438 e. The number of nitrogens with one attached hydrogen (secondary N) is 1. The van der Waals surface area contributed by atoms with Crippen LogP contribution in [0.4, 0.5) is 11.4 Å². The summed E-state index contributed by atoms with van der Waals surface area (Å²) in [6.45, 7) is 3.97. The highest BCUT2D eigenvalue weighted by molar-refractivity contribution is 6.30. The molecule has 0 aliphatic carbocycles. The minimum atomic E-state index is -0.394. The van der Waals surface area contributed by atoms with Crippen molar-refractivity contribution in [3.05, 3.63) is 74.7 Å².